The SMILES string of the molecule is CCOC(=O)CC(CNC(=O)CCCCc1ccc2c(n1)N(C(=O)OC(C)(C)C)CCC2)NC(=O)C1CN(S(=O)(=O)c2cccnc2)C1. The number of ether oxygens (including phenoxy) is 2. The normalized spacial score (nSPS) is 15.9. The molecule has 1 unspecified atom stereocenters. The molecule has 2 aliphatic rings. The molecule has 48 heavy (non-hydrogen) atoms. The lowest BCUT2D eigenvalue weighted by Crippen LogP contribution is -2.57. The first-order valence-corrected chi connectivity index (χ1v) is 17.8. The van der Waals surface area contributed by atoms with Crippen LogP contribution in [0.25, 0.3) is 0 Å². The minimum atomic E-state index is -3.76. The van der Waals surface area contributed by atoms with Crippen molar-refractivity contribution in [2.45, 2.75) is 89.2 Å². The van der Waals surface area contributed by atoms with E-state index in [2.05, 4.69) is 15.6 Å². The van der Waals surface area contributed by atoms with Gasteiger partial charge in [0.05, 0.1) is 25.0 Å². The number of aromatic nitrogens is 2. The van der Waals surface area contributed by atoms with E-state index in [1.54, 1.807) is 11.8 Å². The van der Waals surface area contributed by atoms with Crippen molar-refractivity contribution in [1.29, 1.82) is 0 Å². The van der Waals surface area contributed by atoms with Gasteiger partial charge in [0.2, 0.25) is 21.8 Å². The summed E-state index contributed by atoms with van der Waals surface area (Å²) in [6.45, 7) is 7.90. The highest BCUT2D eigenvalue weighted by atomic mass is 32.2. The summed E-state index contributed by atoms with van der Waals surface area (Å²) >= 11 is 0. The average molecular weight is 687 g/mol. The largest absolute Gasteiger partial charge is 0.466 e. The van der Waals surface area contributed by atoms with E-state index in [1.807, 2.05) is 32.9 Å². The second-order valence-corrected chi connectivity index (χ2v) is 14.9. The number of hydrogen-bond donors (Lipinski definition) is 2. The molecule has 2 aromatic heterocycles. The van der Waals surface area contributed by atoms with Crippen LogP contribution in [0.3, 0.4) is 0 Å². The molecule has 0 bridgehead atoms. The fourth-order valence-corrected chi connectivity index (χ4v) is 6.89. The van der Waals surface area contributed by atoms with E-state index in [9.17, 15) is 27.6 Å². The summed E-state index contributed by atoms with van der Waals surface area (Å²) in [4.78, 5) is 60.9. The number of amides is 3. The molecule has 1 fully saturated rings. The molecule has 2 aliphatic heterocycles. The Balaban J connectivity index is 1.23. The molecule has 0 aromatic carbocycles. The Hall–Kier alpha value is -4.11. The maximum absolute atomic E-state index is 12.9. The number of anilines is 1. The van der Waals surface area contributed by atoms with E-state index in [4.69, 9.17) is 14.5 Å². The summed E-state index contributed by atoms with van der Waals surface area (Å²) in [7, 11) is -3.76. The molecule has 0 radical (unpaired) electrons. The summed E-state index contributed by atoms with van der Waals surface area (Å²) in [6.07, 6.45) is 5.99. The molecule has 2 N–H and O–H groups in total. The Kier molecular flexibility index (Phi) is 12.5. The fraction of sp³-hybridized carbons (Fsp3) is 0.576. The monoisotopic (exact) mass is 686 g/mol. The van der Waals surface area contributed by atoms with Gasteiger partial charge in [-0.2, -0.15) is 4.31 Å². The molecular weight excluding hydrogens is 640 g/mol. The lowest BCUT2D eigenvalue weighted by Gasteiger charge is -2.37. The van der Waals surface area contributed by atoms with Gasteiger partial charge >= 0.3 is 12.1 Å². The van der Waals surface area contributed by atoms with Crippen molar-refractivity contribution in [1.82, 2.24) is 24.9 Å². The number of esters is 1. The number of nitrogens with one attached hydrogen (secondary N) is 2. The van der Waals surface area contributed by atoms with Crippen LogP contribution in [0.4, 0.5) is 10.6 Å². The number of carbonyl (C=O) groups excluding carboxylic acids is 4. The number of unbranched alkanes of at least 4 members (excludes halogenated alkanes) is 1. The van der Waals surface area contributed by atoms with Gasteiger partial charge in [-0.15, -0.1) is 0 Å². The summed E-state index contributed by atoms with van der Waals surface area (Å²) in [5.74, 6) is -1.12. The molecule has 14 nitrogen and oxygen atoms in total. The van der Waals surface area contributed by atoms with Crippen molar-refractivity contribution in [3.8, 4) is 0 Å². The zero-order chi connectivity index (χ0) is 34.9. The van der Waals surface area contributed by atoms with E-state index in [1.165, 1.54) is 28.8 Å². The predicted molar refractivity (Wildman–Crippen MR) is 176 cm³/mol. The molecule has 1 saturated heterocycles. The van der Waals surface area contributed by atoms with Crippen LogP contribution < -0.4 is 15.5 Å². The molecule has 3 amide bonds. The van der Waals surface area contributed by atoms with Crippen LogP contribution in [-0.4, -0.2) is 91.0 Å². The van der Waals surface area contributed by atoms with Crippen LogP contribution in [0.1, 0.15) is 71.1 Å². The van der Waals surface area contributed by atoms with Crippen molar-refractivity contribution in [3.05, 3.63) is 47.9 Å². The predicted octanol–water partition coefficient (Wildman–Crippen LogP) is 2.75. The number of nitrogens with zero attached hydrogens (tertiary/aromatic N) is 4. The molecule has 0 spiro atoms. The topological polar surface area (TPSA) is 177 Å². The Morgan fingerprint density at radius 2 is 1.88 bits per heavy atom. The van der Waals surface area contributed by atoms with E-state index in [0.29, 0.717) is 31.6 Å². The second kappa shape index (κ2) is 16.3. The maximum atomic E-state index is 12.9. The van der Waals surface area contributed by atoms with Gasteiger partial charge in [-0.25, -0.2) is 18.2 Å². The third-order valence-corrected chi connectivity index (χ3v) is 9.71. The minimum Gasteiger partial charge on any atom is -0.466 e. The average Bonchev–Trinajstić information content (AvgIpc) is 3.00. The first kappa shape index (κ1) is 36.7. The fourth-order valence-electron chi connectivity index (χ4n) is 5.39. The first-order chi connectivity index (χ1) is 22.8. The quantitative estimate of drug-likeness (QED) is 0.222. The summed E-state index contributed by atoms with van der Waals surface area (Å²) in [6, 6.07) is 6.20. The van der Waals surface area contributed by atoms with Crippen molar-refractivity contribution >= 4 is 39.7 Å². The van der Waals surface area contributed by atoms with Crippen LogP contribution >= 0.6 is 0 Å². The number of fused-ring (bicyclic) bond motifs is 1. The number of carbonyl (C=O) groups is 4. The maximum Gasteiger partial charge on any atom is 0.416 e. The molecule has 4 rings (SSSR count). The summed E-state index contributed by atoms with van der Waals surface area (Å²) in [5, 5.41) is 5.57. The Morgan fingerprint density at radius 3 is 2.56 bits per heavy atom. The Labute approximate surface area is 282 Å². The smallest absolute Gasteiger partial charge is 0.416 e. The highest BCUT2D eigenvalue weighted by Crippen LogP contribution is 2.28. The number of aryl methyl sites for hydroxylation is 2. The van der Waals surface area contributed by atoms with Gasteiger partial charge in [0, 0.05) is 50.7 Å². The molecule has 4 heterocycles. The molecule has 15 heteroatoms. The molecule has 2 aromatic rings. The third-order valence-electron chi connectivity index (χ3n) is 7.90. The minimum absolute atomic E-state index is 0.000339. The highest BCUT2D eigenvalue weighted by molar-refractivity contribution is 7.89. The van der Waals surface area contributed by atoms with Crippen molar-refractivity contribution in [3.63, 3.8) is 0 Å². The molecule has 0 saturated carbocycles. The van der Waals surface area contributed by atoms with Gasteiger partial charge in [0.15, 0.2) is 0 Å². The van der Waals surface area contributed by atoms with Gasteiger partial charge in [0.25, 0.3) is 0 Å². The third kappa shape index (κ3) is 10.2. The zero-order valence-electron chi connectivity index (χ0n) is 28.1. The Morgan fingerprint density at radius 1 is 1.10 bits per heavy atom. The van der Waals surface area contributed by atoms with Gasteiger partial charge in [-0.05, 0) is 83.6 Å². The summed E-state index contributed by atoms with van der Waals surface area (Å²) in [5.41, 5.74) is 1.22. The van der Waals surface area contributed by atoms with Crippen LogP contribution in [0.5, 0.6) is 0 Å². The van der Waals surface area contributed by atoms with Crippen LogP contribution in [0.15, 0.2) is 41.6 Å². The van der Waals surface area contributed by atoms with E-state index in [0.717, 1.165) is 24.1 Å². The van der Waals surface area contributed by atoms with E-state index < -0.39 is 45.6 Å². The number of pyridine rings is 2. The Bertz CT molecular complexity index is 1560. The highest BCUT2D eigenvalue weighted by Gasteiger charge is 2.41. The van der Waals surface area contributed by atoms with Crippen molar-refractivity contribution in [2.75, 3.05) is 37.7 Å². The lowest BCUT2D eigenvalue weighted by molar-refractivity contribution is -0.144. The van der Waals surface area contributed by atoms with E-state index >= 15 is 0 Å². The van der Waals surface area contributed by atoms with Crippen LogP contribution in [0.2, 0.25) is 0 Å². The van der Waals surface area contributed by atoms with Crippen LogP contribution in [0, 0.1) is 5.92 Å². The molecular formula is C33H46N6O8S. The van der Waals surface area contributed by atoms with Gasteiger partial charge in [-0.3, -0.25) is 24.3 Å². The van der Waals surface area contributed by atoms with Gasteiger partial charge < -0.3 is 20.1 Å². The first-order valence-electron chi connectivity index (χ1n) is 16.4. The number of sulfonamides is 1. The molecule has 262 valence electrons. The van der Waals surface area contributed by atoms with Gasteiger partial charge in [0.1, 0.15) is 16.3 Å². The van der Waals surface area contributed by atoms with E-state index in [-0.39, 0.29) is 49.9 Å². The summed E-state index contributed by atoms with van der Waals surface area (Å²) < 4.78 is 37.3. The number of hydrogen-bond acceptors (Lipinski definition) is 10. The van der Waals surface area contributed by atoms with Crippen molar-refractivity contribution in [2.24, 2.45) is 5.92 Å². The van der Waals surface area contributed by atoms with Crippen LogP contribution in [-0.2, 0) is 46.7 Å². The zero-order valence-corrected chi connectivity index (χ0v) is 28.9. The second-order valence-electron chi connectivity index (χ2n) is 13.0. The standard InChI is InChI=1S/C33H46N6O8S/c1-5-46-29(41)18-26(37-31(42)24-21-38(22-24)48(44,45)27-12-8-16-34-20-27)19-35-28(40)13-7-6-11-25-15-14-23-10-9-17-39(30(23)36-25)32(43)47-33(2,3)4/h8,12,14-16,20,24,26H,5-7,9-11,13,17-19,21-22H2,1-4H3,(H,35,40)(H,37,42). The molecule has 1 atom stereocenters. The number of rotatable bonds is 14. The molecule has 0 aliphatic carbocycles. The van der Waals surface area contributed by atoms with Gasteiger partial charge in [-0.1, -0.05) is 6.07 Å². The van der Waals surface area contributed by atoms with Crippen molar-refractivity contribution < 1.29 is 37.1 Å². The lowest BCUT2D eigenvalue weighted by atomic mass is 10.0.